The van der Waals surface area contributed by atoms with Crippen molar-refractivity contribution in [3.63, 3.8) is 0 Å². The highest BCUT2D eigenvalue weighted by Crippen LogP contribution is 2.51. The van der Waals surface area contributed by atoms with Gasteiger partial charge in [-0.2, -0.15) is 0 Å². The van der Waals surface area contributed by atoms with Crippen LogP contribution in [0.25, 0.3) is 66.1 Å². The molecule has 72 heavy (non-hydrogen) atoms. The molecule has 9 aromatic carbocycles. The number of benzene rings is 9. The quantitative estimate of drug-likeness (QED) is 0.165. The van der Waals surface area contributed by atoms with E-state index in [9.17, 15) is 0 Å². The molecule has 4 heterocycles. The topological polar surface area (TPSA) is 32.8 Å². The molecule has 2 aliphatic heterocycles. The van der Waals surface area contributed by atoms with E-state index in [0.717, 1.165) is 90.3 Å². The second kappa shape index (κ2) is 15.1. The Labute approximate surface area is 422 Å². The summed E-state index contributed by atoms with van der Waals surface area (Å²) in [4.78, 5) is 5.14. The molecule has 2 aromatic heterocycles. The average molecular weight is 933 g/mol. The summed E-state index contributed by atoms with van der Waals surface area (Å²) in [6.45, 7) is 19.1. The Morgan fingerprint density at radius 2 is 0.931 bits per heavy atom. The Morgan fingerprint density at radius 1 is 0.458 bits per heavy atom. The van der Waals surface area contributed by atoms with Crippen LogP contribution in [-0.4, -0.2) is 6.71 Å². The maximum absolute atomic E-state index is 6.57. The van der Waals surface area contributed by atoms with E-state index in [-0.39, 0.29) is 23.0 Å². The summed E-state index contributed by atoms with van der Waals surface area (Å²) in [5.74, 6) is 0. The lowest BCUT2D eigenvalue weighted by atomic mass is 9.33. The number of nitrogens with zero attached hydrogens (tertiary/aromatic N) is 2. The summed E-state index contributed by atoms with van der Waals surface area (Å²) in [5, 5.41) is 4.57. The van der Waals surface area contributed by atoms with Crippen molar-refractivity contribution in [1.29, 1.82) is 0 Å². The van der Waals surface area contributed by atoms with Crippen LogP contribution in [-0.2, 0) is 16.2 Å². The van der Waals surface area contributed by atoms with Gasteiger partial charge in [0, 0.05) is 66.8 Å². The molecule has 0 saturated heterocycles. The molecule has 1 aliphatic carbocycles. The third kappa shape index (κ3) is 6.32. The predicted molar refractivity (Wildman–Crippen MR) is 305 cm³/mol. The number of furan rings is 2. The summed E-state index contributed by atoms with van der Waals surface area (Å²) < 4.78 is 13.1. The molecule has 0 amide bonds. The standard InChI is InChI=1S/C67H57BN2O2/c1-40-35-58-62-59(36-40)70(45-30-25-42(26-31-45)47-18-14-20-51-49-16-10-12-22-61(49)72-64(47)51)57-39-53-52(66(5,6)33-34-67(53,7)8)38-55(57)68(62)54-37-43(65(2,3)4)27-32-56(54)69(58)44-28-23-41(24-29-44)46-17-13-19-50-48-15-9-11-21-60(48)71-63(46)50/h9-32,35-39H,33-34H2,1-8H3. The van der Waals surface area contributed by atoms with Gasteiger partial charge in [-0.3, -0.25) is 0 Å². The lowest BCUT2D eigenvalue weighted by molar-refractivity contribution is 0.332. The van der Waals surface area contributed by atoms with Crippen LogP contribution >= 0.6 is 0 Å². The van der Waals surface area contributed by atoms with Gasteiger partial charge in [0.15, 0.2) is 0 Å². The fraction of sp³-hybridized carbons (Fsp3) is 0.194. The first-order chi connectivity index (χ1) is 34.7. The lowest BCUT2D eigenvalue weighted by Gasteiger charge is -2.47. The Balaban J connectivity index is 0.987. The molecule has 0 unspecified atom stereocenters. The second-order valence-electron chi connectivity index (χ2n) is 23.2. The van der Waals surface area contributed by atoms with Gasteiger partial charge in [0.2, 0.25) is 0 Å². The summed E-state index contributed by atoms with van der Waals surface area (Å²) in [7, 11) is 0. The molecule has 0 radical (unpaired) electrons. The van der Waals surface area contributed by atoms with Gasteiger partial charge in [-0.1, -0.05) is 164 Å². The highest BCUT2D eigenvalue weighted by Gasteiger charge is 2.47. The third-order valence-corrected chi connectivity index (χ3v) is 16.7. The van der Waals surface area contributed by atoms with Gasteiger partial charge in [0.1, 0.15) is 22.3 Å². The van der Waals surface area contributed by atoms with Crippen molar-refractivity contribution in [2.45, 2.75) is 84.5 Å². The van der Waals surface area contributed by atoms with Crippen molar-refractivity contribution < 1.29 is 8.83 Å². The van der Waals surface area contributed by atoms with Crippen molar-refractivity contribution in [3.05, 3.63) is 198 Å². The Kier molecular flexibility index (Phi) is 9.05. The van der Waals surface area contributed by atoms with Crippen molar-refractivity contribution >= 4 is 101 Å². The van der Waals surface area contributed by atoms with Gasteiger partial charge in [-0.15, -0.1) is 0 Å². The molecule has 0 N–H and O–H groups in total. The number of hydrogen-bond donors (Lipinski definition) is 0. The Hall–Kier alpha value is -7.76. The van der Waals surface area contributed by atoms with Crippen molar-refractivity contribution in [2.75, 3.05) is 9.80 Å². The lowest BCUT2D eigenvalue weighted by Crippen LogP contribution is -2.62. The zero-order chi connectivity index (χ0) is 49.0. The highest BCUT2D eigenvalue weighted by molar-refractivity contribution is 7.00. The zero-order valence-corrected chi connectivity index (χ0v) is 42.4. The van der Waals surface area contributed by atoms with Gasteiger partial charge in [-0.05, 0) is 146 Å². The van der Waals surface area contributed by atoms with Crippen molar-refractivity contribution in [1.82, 2.24) is 0 Å². The SMILES string of the molecule is Cc1cc2c3c(c1)N(c1ccc(-c4cccc5c4oc4ccccc45)cc1)c1cc4c(cc1B3c1cc(C(C)(C)C)ccc1N2c1ccc(-c2cccc3c2oc2ccccc23)cc1)C(C)(C)CCC4(C)C. The van der Waals surface area contributed by atoms with Crippen LogP contribution in [0.1, 0.15) is 83.6 Å². The van der Waals surface area contributed by atoms with Crippen LogP contribution in [0.5, 0.6) is 0 Å². The molecular weight excluding hydrogens is 876 g/mol. The van der Waals surface area contributed by atoms with Crippen molar-refractivity contribution in [2.24, 2.45) is 0 Å². The zero-order valence-electron chi connectivity index (χ0n) is 42.4. The highest BCUT2D eigenvalue weighted by atomic mass is 16.3. The van der Waals surface area contributed by atoms with E-state index >= 15 is 0 Å². The molecule has 5 heteroatoms. The molecule has 4 nitrogen and oxygen atoms in total. The summed E-state index contributed by atoms with van der Waals surface area (Å²) >= 11 is 0. The minimum absolute atomic E-state index is 0.0106. The van der Waals surface area contributed by atoms with Crippen LogP contribution in [0.15, 0.2) is 185 Å². The summed E-state index contributed by atoms with van der Waals surface area (Å²) in [6.07, 6.45) is 2.30. The van der Waals surface area contributed by atoms with Crippen LogP contribution in [0, 0.1) is 6.92 Å². The van der Waals surface area contributed by atoms with E-state index in [1.54, 1.807) is 0 Å². The minimum Gasteiger partial charge on any atom is -0.455 e. The number of para-hydroxylation sites is 4. The first-order valence-electron chi connectivity index (χ1n) is 25.8. The van der Waals surface area contributed by atoms with Crippen LogP contribution in [0.2, 0.25) is 0 Å². The minimum atomic E-state index is -0.0462. The predicted octanol–water partition coefficient (Wildman–Crippen LogP) is 16.9. The maximum atomic E-state index is 6.57. The molecule has 3 aliphatic rings. The smallest absolute Gasteiger partial charge is 0.252 e. The van der Waals surface area contributed by atoms with E-state index in [4.69, 9.17) is 8.83 Å². The van der Waals surface area contributed by atoms with Gasteiger partial charge in [0.25, 0.3) is 6.71 Å². The van der Waals surface area contributed by atoms with E-state index in [1.807, 2.05) is 12.1 Å². The van der Waals surface area contributed by atoms with Gasteiger partial charge in [0.05, 0.1) is 0 Å². The first-order valence-corrected chi connectivity index (χ1v) is 25.8. The molecule has 0 atom stereocenters. The van der Waals surface area contributed by atoms with Crippen LogP contribution in [0.3, 0.4) is 0 Å². The van der Waals surface area contributed by atoms with Gasteiger partial charge in [-0.25, -0.2) is 0 Å². The number of hydrogen-bond acceptors (Lipinski definition) is 4. The van der Waals surface area contributed by atoms with Crippen LogP contribution in [0.4, 0.5) is 34.1 Å². The fourth-order valence-electron chi connectivity index (χ4n) is 12.7. The maximum Gasteiger partial charge on any atom is 0.252 e. The number of anilines is 6. The van der Waals surface area contributed by atoms with Crippen molar-refractivity contribution in [3.8, 4) is 22.3 Å². The monoisotopic (exact) mass is 932 g/mol. The molecule has 0 spiro atoms. The fourth-order valence-corrected chi connectivity index (χ4v) is 12.7. The molecule has 0 saturated carbocycles. The number of rotatable bonds is 4. The number of fused-ring (bicyclic) bond motifs is 11. The van der Waals surface area contributed by atoms with E-state index in [0.29, 0.717) is 0 Å². The number of aryl methyl sites for hydroxylation is 1. The van der Waals surface area contributed by atoms with Gasteiger partial charge >= 0.3 is 0 Å². The summed E-state index contributed by atoms with van der Waals surface area (Å²) in [6, 6.07) is 65.6. The second-order valence-corrected chi connectivity index (χ2v) is 23.2. The largest absolute Gasteiger partial charge is 0.455 e. The Morgan fingerprint density at radius 3 is 1.46 bits per heavy atom. The molecular formula is C67H57BN2O2. The van der Waals surface area contributed by atoms with E-state index in [1.165, 1.54) is 61.4 Å². The molecule has 0 bridgehead atoms. The molecule has 11 aromatic rings. The molecule has 0 fully saturated rings. The van der Waals surface area contributed by atoms with Gasteiger partial charge < -0.3 is 18.6 Å². The van der Waals surface area contributed by atoms with E-state index in [2.05, 4.69) is 229 Å². The average Bonchev–Trinajstić information content (AvgIpc) is 3.97. The van der Waals surface area contributed by atoms with Crippen LogP contribution < -0.4 is 26.2 Å². The Bertz CT molecular complexity index is 4050. The summed E-state index contributed by atoms with van der Waals surface area (Å²) in [5.41, 5.74) is 24.9. The van der Waals surface area contributed by atoms with E-state index < -0.39 is 0 Å². The third-order valence-electron chi connectivity index (χ3n) is 16.7. The molecule has 14 rings (SSSR count). The first kappa shape index (κ1) is 43.1. The normalized spacial score (nSPS) is 15.5. The molecule has 350 valence electrons.